The number of ether oxygens (including phenoxy) is 1. The zero-order chi connectivity index (χ0) is 23.4. The van der Waals surface area contributed by atoms with Gasteiger partial charge in [0.1, 0.15) is 11.6 Å². The Balaban J connectivity index is 1.68. The smallest absolute Gasteiger partial charge is 0.259 e. The second-order valence-corrected chi connectivity index (χ2v) is 8.35. The minimum atomic E-state index is -0.372. The molecular formula is C26H30FN3O3. The van der Waals surface area contributed by atoms with E-state index in [9.17, 15) is 14.3 Å². The fraction of sp³-hybridized carbons (Fsp3) is 0.346. The van der Waals surface area contributed by atoms with Gasteiger partial charge in [-0.3, -0.25) is 9.69 Å². The predicted molar refractivity (Wildman–Crippen MR) is 127 cm³/mol. The van der Waals surface area contributed by atoms with Crippen molar-refractivity contribution in [3.8, 4) is 5.75 Å². The van der Waals surface area contributed by atoms with Crippen LogP contribution in [-0.4, -0.2) is 54.5 Å². The summed E-state index contributed by atoms with van der Waals surface area (Å²) in [5, 5.41) is 10.9. The number of nitrogens with zero attached hydrogens (tertiary/aromatic N) is 3. The van der Waals surface area contributed by atoms with E-state index in [-0.39, 0.29) is 23.2 Å². The molecule has 1 aliphatic heterocycles. The second kappa shape index (κ2) is 10.2. The molecular weight excluding hydrogens is 421 g/mol. The molecule has 0 aliphatic carbocycles. The molecule has 0 spiro atoms. The molecule has 0 saturated carbocycles. The SMILES string of the molecule is COCCn1c(C)cc(O)c([C@@H](c2ccccc2)N2CCN(c3ccc(F)cc3)CC2)c1=O. The average Bonchev–Trinajstić information content (AvgIpc) is 2.83. The lowest BCUT2D eigenvalue weighted by Crippen LogP contribution is -2.49. The molecule has 4 rings (SSSR count). The summed E-state index contributed by atoms with van der Waals surface area (Å²) in [4.78, 5) is 18.0. The molecule has 0 radical (unpaired) electrons. The maximum Gasteiger partial charge on any atom is 0.259 e. The Labute approximate surface area is 193 Å². The van der Waals surface area contributed by atoms with Crippen molar-refractivity contribution in [2.75, 3.05) is 44.8 Å². The third kappa shape index (κ3) is 4.94. The fourth-order valence-corrected chi connectivity index (χ4v) is 4.57. The van der Waals surface area contributed by atoms with Crippen molar-refractivity contribution in [3.05, 3.63) is 93.7 Å². The third-order valence-corrected chi connectivity index (χ3v) is 6.30. The maximum atomic E-state index is 13.6. The topological polar surface area (TPSA) is 57.9 Å². The van der Waals surface area contributed by atoms with Crippen LogP contribution < -0.4 is 10.5 Å². The van der Waals surface area contributed by atoms with E-state index in [1.807, 2.05) is 37.3 Å². The highest BCUT2D eigenvalue weighted by atomic mass is 19.1. The first-order chi connectivity index (χ1) is 16.0. The highest BCUT2D eigenvalue weighted by Crippen LogP contribution is 2.33. The summed E-state index contributed by atoms with van der Waals surface area (Å²) in [6, 6.07) is 17.7. The number of halogens is 1. The van der Waals surface area contributed by atoms with Crippen LogP contribution in [0.25, 0.3) is 0 Å². The summed E-state index contributed by atoms with van der Waals surface area (Å²) in [7, 11) is 1.61. The van der Waals surface area contributed by atoms with Gasteiger partial charge in [-0.15, -0.1) is 0 Å². The molecule has 0 bridgehead atoms. The van der Waals surface area contributed by atoms with Crippen LogP contribution >= 0.6 is 0 Å². The van der Waals surface area contributed by atoms with Crippen molar-refractivity contribution in [3.63, 3.8) is 0 Å². The summed E-state index contributed by atoms with van der Waals surface area (Å²) in [6.07, 6.45) is 0. The van der Waals surface area contributed by atoms with Crippen molar-refractivity contribution >= 4 is 5.69 Å². The minimum Gasteiger partial charge on any atom is -0.507 e. The number of aromatic hydroxyl groups is 1. The van der Waals surface area contributed by atoms with E-state index in [1.165, 1.54) is 12.1 Å². The van der Waals surface area contributed by atoms with Gasteiger partial charge in [0.15, 0.2) is 0 Å². The summed E-state index contributed by atoms with van der Waals surface area (Å²) in [5.41, 5.74) is 2.83. The van der Waals surface area contributed by atoms with Crippen LogP contribution in [0.4, 0.5) is 10.1 Å². The highest BCUT2D eigenvalue weighted by Gasteiger charge is 2.31. The molecule has 174 valence electrons. The van der Waals surface area contributed by atoms with Crippen molar-refractivity contribution in [1.29, 1.82) is 0 Å². The molecule has 1 atom stereocenters. The largest absolute Gasteiger partial charge is 0.507 e. The van der Waals surface area contributed by atoms with Crippen LogP contribution in [0.3, 0.4) is 0 Å². The summed E-state index contributed by atoms with van der Waals surface area (Å²) in [5.74, 6) is -0.234. The molecule has 2 aromatic carbocycles. The number of benzene rings is 2. The molecule has 3 aromatic rings. The molecule has 2 heterocycles. The van der Waals surface area contributed by atoms with Crippen LogP contribution in [-0.2, 0) is 11.3 Å². The van der Waals surface area contributed by atoms with Crippen LogP contribution in [0.2, 0.25) is 0 Å². The molecule has 33 heavy (non-hydrogen) atoms. The van der Waals surface area contributed by atoms with Crippen LogP contribution in [0.1, 0.15) is 22.9 Å². The zero-order valence-electron chi connectivity index (χ0n) is 19.1. The van der Waals surface area contributed by atoms with E-state index < -0.39 is 0 Å². The Bertz CT molecular complexity index is 1120. The Kier molecular flexibility index (Phi) is 7.11. The highest BCUT2D eigenvalue weighted by molar-refractivity contribution is 5.47. The number of methoxy groups -OCH3 is 1. The van der Waals surface area contributed by atoms with Gasteiger partial charge < -0.3 is 19.3 Å². The van der Waals surface area contributed by atoms with E-state index in [0.717, 1.165) is 24.3 Å². The molecule has 1 aromatic heterocycles. The summed E-state index contributed by atoms with van der Waals surface area (Å²) < 4.78 is 20.2. The number of hydrogen-bond acceptors (Lipinski definition) is 5. The van der Waals surface area contributed by atoms with Gasteiger partial charge in [0.05, 0.1) is 18.2 Å². The van der Waals surface area contributed by atoms with Gasteiger partial charge in [0, 0.05) is 51.2 Å². The van der Waals surface area contributed by atoms with Crippen molar-refractivity contribution < 1.29 is 14.2 Å². The van der Waals surface area contributed by atoms with E-state index in [2.05, 4.69) is 9.80 Å². The first-order valence-corrected chi connectivity index (χ1v) is 11.2. The summed E-state index contributed by atoms with van der Waals surface area (Å²) >= 11 is 0. The number of aryl methyl sites for hydroxylation is 1. The Hall–Kier alpha value is -3.16. The van der Waals surface area contributed by atoms with E-state index in [1.54, 1.807) is 29.9 Å². The van der Waals surface area contributed by atoms with Crippen LogP contribution in [0, 0.1) is 12.7 Å². The van der Waals surface area contributed by atoms with Crippen LogP contribution in [0.5, 0.6) is 5.75 Å². The Morgan fingerprint density at radius 1 is 1.03 bits per heavy atom. The quantitative estimate of drug-likeness (QED) is 0.595. The molecule has 1 N–H and O–H groups in total. The number of rotatable bonds is 7. The number of piperazine rings is 1. The molecule has 0 unspecified atom stereocenters. The van der Waals surface area contributed by atoms with Crippen molar-refractivity contribution in [1.82, 2.24) is 9.47 Å². The number of pyridine rings is 1. The maximum absolute atomic E-state index is 13.6. The minimum absolute atomic E-state index is 0.0148. The molecule has 1 aliphatic rings. The van der Waals surface area contributed by atoms with Gasteiger partial charge in [-0.2, -0.15) is 0 Å². The van der Waals surface area contributed by atoms with Gasteiger partial charge in [0.2, 0.25) is 0 Å². The third-order valence-electron chi connectivity index (χ3n) is 6.30. The van der Waals surface area contributed by atoms with E-state index >= 15 is 0 Å². The number of hydrogen-bond donors (Lipinski definition) is 1. The van der Waals surface area contributed by atoms with Crippen molar-refractivity contribution in [2.45, 2.75) is 19.5 Å². The Morgan fingerprint density at radius 3 is 2.33 bits per heavy atom. The van der Waals surface area contributed by atoms with Crippen molar-refractivity contribution in [2.24, 2.45) is 0 Å². The lowest BCUT2D eigenvalue weighted by atomic mass is 9.96. The first-order valence-electron chi connectivity index (χ1n) is 11.2. The molecule has 6 nitrogen and oxygen atoms in total. The predicted octanol–water partition coefficient (Wildman–Crippen LogP) is 3.56. The standard InChI is InChI=1S/C26H30FN3O3/c1-19-18-23(31)24(26(32)30(19)16-17-33-2)25(20-6-4-3-5-7-20)29-14-12-28(13-15-29)22-10-8-21(27)9-11-22/h3-11,18,25,31H,12-17H2,1-2H3/t25-/m1/s1. The lowest BCUT2D eigenvalue weighted by molar-refractivity contribution is 0.183. The molecule has 1 fully saturated rings. The molecule has 0 amide bonds. The van der Waals surface area contributed by atoms with E-state index in [4.69, 9.17) is 4.74 Å². The Morgan fingerprint density at radius 2 is 1.70 bits per heavy atom. The molecule has 1 saturated heterocycles. The van der Waals surface area contributed by atoms with Gasteiger partial charge in [0.25, 0.3) is 5.56 Å². The number of aromatic nitrogens is 1. The second-order valence-electron chi connectivity index (χ2n) is 8.35. The van der Waals surface area contributed by atoms with Crippen LogP contribution in [0.15, 0.2) is 65.5 Å². The first kappa shape index (κ1) is 23.0. The van der Waals surface area contributed by atoms with Gasteiger partial charge in [-0.05, 0) is 42.8 Å². The normalized spacial score (nSPS) is 15.5. The molecule has 7 heteroatoms. The monoisotopic (exact) mass is 451 g/mol. The average molecular weight is 452 g/mol. The zero-order valence-corrected chi connectivity index (χ0v) is 19.1. The lowest BCUT2D eigenvalue weighted by Gasteiger charge is -2.40. The number of anilines is 1. The van der Waals surface area contributed by atoms with Gasteiger partial charge in [-0.25, -0.2) is 4.39 Å². The van der Waals surface area contributed by atoms with Gasteiger partial charge in [-0.1, -0.05) is 30.3 Å². The summed E-state index contributed by atoms with van der Waals surface area (Å²) in [6.45, 7) is 5.52. The van der Waals surface area contributed by atoms with Gasteiger partial charge >= 0.3 is 0 Å². The van der Waals surface area contributed by atoms with E-state index in [0.29, 0.717) is 37.5 Å². The fourth-order valence-electron chi connectivity index (χ4n) is 4.57.